The Balaban J connectivity index is 3.13. The van der Waals surface area contributed by atoms with Crippen LogP contribution in [0, 0.1) is 0 Å². The Labute approximate surface area is 65.4 Å². The van der Waals surface area contributed by atoms with Crippen LogP contribution in [-0.2, 0) is 0 Å². The van der Waals surface area contributed by atoms with Gasteiger partial charge in [0, 0.05) is 19.3 Å². The maximum absolute atomic E-state index is 5.52. The number of anilines is 1. The third-order valence-corrected chi connectivity index (χ3v) is 1.36. The molecule has 0 aliphatic heterocycles. The molecule has 4 heteroatoms. The molecular weight excluding hydrogens is 142 g/mol. The van der Waals surface area contributed by atoms with E-state index >= 15 is 0 Å². The molecule has 0 aliphatic carbocycles. The second-order valence-corrected chi connectivity index (χ2v) is 1.97. The number of nitrogens with zero attached hydrogens (tertiary/aromatic N) is 2. The fourth-order valence-electron chi connectivity index (χ4n) is 0.841. The lowest BCUT2D eigenvalue weighted by atomic mass is 10.3. The van der Waals surface area contributed by atoms with Gasteiger partial charge in [0.25, 0.3) is 0 Å². The monoisotopic (exact) mass is 152 g/mol. The van der Waals surface area contributed by atoms with Gasteiger partial charge in [-0.3, -0.25) is 5.32 Å². The van der Waals surface area contributed by atoms with Gasteiger partial charge in [0.05, 0.1) is 7.11 Å². The fourth-order valence-corrected chi connectivity index (χ4v) is 0.841. The van der Waals surface area contributed by atoms with Crippen molar-refractivity contribution >= 4 is 11.5 Å². The van der Waals surface area contributed by atoms with Crippen molar-refractivity contribution < 1.29 is 4.74 Å². The Bertz CT molecular complexity index is 249. The van der Waals surface area contributed by atoms with E-state index in [0.29, 0.717) is 17.3 Å². The summed E-state index contributed by atoms with van der Waals surface area (Å²) in [6, 6.07) is 1.72. The number of ether oxygens (including phenoxy) is 1. The molecule has 0 aromatic carbocycles. The maximum atomic E-state index is 5.52. The number of pyridine rings is 1. The summed E-state index contributed by atoms with van der Waals surface area (Å²) < 4.78 is 5.00. The van der Waals surface area contributed by atoms with Crippen molar-refractivity contribution in [2.45, 2.75) is 0 Å². The highest BCUT2D eigenvalue weighted by atomic mass is 16.5. The van der Waals surface area contributed by atoms with E-state index in [-0.39, 0.29) is 0 Å². The highest BCUT2D eigenvalue weighted by molar-refractivity contribution is 5.64. The summed E-state index contributed by atoms with van der Waals surface area (Å²) in [5.41, 5.74) is 6.13. The summed E-state index contributed by atoms with van der Waals surface area (Å²) in [7, 11) is 3.22. The Morgan fingerprint density at radius 1 is 1.64 bits per heavy atom. The second-order valence-electron chi connectivity index (χ2n) is 1.97. The fraction of sp³-hybridized carbons (Fsp3) is 0.286. The molecule has 59 valence electrons. The van der Waals surface area contributed by atoms with Crippen molar-refractivity contribution in [2.24, 2.45) is 0 Å². The summed E-state index contributed by atoms with van der Waals surface area (Å²) in [4.78, 5) is 3.86. The number of aromatic nitrogens is 1. The summed E-state index contributed by atoms with van der Waals surface area (Å²) in [5, 5.41) is 3.93. The first-order chi connectivity index (χ1) is 5.29. The number of nitrogens with two attached hydrogens (primary N) is 1. The van der Waals surface area contributed by atoms with Crippen LogP contribution in [-0.4, -0.2) is 19.1 Å². The maximum Gasteiger partial charge on any atom is 0.152 e. The summed E-state index contributed by atoms with van der Waals surface area (Å²) >= 11 is 0. The quantitative estimate of drug-likeness (QED) is 0.672. The minimum atomic E-state index is 0.395. The molecule has 0 saturated heterocycles. The lowest BCUT2D eigenvalue weighted by molar-refractivity contribution is 0.414. The molecule has 0 fully saturated rings. The van der Waals surface area contributed by atoms with Crippen LogP contribution in [0.2, 0.25) is 0 Å². The third-order valence-electron chi connectivity index (χ3n) is 1.36. The van der Waals surface area contributed by atoms with Gasteiger partial charge in [0.15, 0.2) is 5.82 Å². The van der Waals surface area contributed by atoms with Crippen molar-refractivity contribution in [2.75, 3.05) is 19.9 Å². The Kier molecular flexibility index (Phi) is 2.15. The van der Waals surface area contributed by atoms with Crippen molar-refractivity contribution in [3.05, 3.63) is 12.3 Å². The molecule has 1 aromatic heterocycles. The first-order valence-electron chi connectivity index (χ1n) is 3.18. The Morgan fingerprint density at radius 3 is 2.82 bits per heavy atom. The van der Waals surface area contributed by atoms with Crippen molar-refractivity contribution in [3.8, 4) is 5.75 Å². The molecule has 2 N–H and O–H groups in total. The van der Waals surface area contributed by atoms with Gasteiger partial charge in [-0.15, -0.1) is 0 Å². The first-order valence-corrected chi connectivity index (χ1v) is 3.18. The minimum absolute atomic E-state index is 0.395. The molecule has 0 amide bonds. The normalized spacial score (nSPS) is 9.27. The van der Waals surface area contributed by atoms with Crippen LogP contribution >= 0.6 is 0 Å². The molecule has 0 aliphatic rings. The van der Waals surface area contributed by atoms with Crippen LogP contribution in [0.1, 0.15) is 0 Å². The van der Waals surface area contributed by atoms with E-state index in [1.54, 1.807) is 26.4 Å². The second kappa shape index (κ2) is 3.09. The zero-order valence-electron chi connectivity index (χ0n) is 6.53. The van der Waals surface area contributed by atoms with Gasteiger partial charge >= 0.3 is 0 Å². The van der Waals surface area contributed by atoms with E-state index in [1.165, 1.54) is 0 Å². The molecule has 0 atom stereocenters. The van der Waals surface area contributed by atoms with Crippen LogP contribution in [0.4, 0.5) is 11.5 Å². The van der Waals surface area contributed by atoms with Crippen molar-refractivity contribution in [1.29, 1.82) is 0 Å². The molecule has 0 spiro atoms. The number of hydrogen-bond donors (Lipinski definition) is 1. The Hall–Kier alpha value is -1.45. The molecule has 0 saturated carbocycles. The standard InChI is InChI=1S/C7H10N3O/c1-9-6-5(11-2)3-4-10-7(6)8/h3-4H,1-2H3,(H2,8,10). The highest BCUT2D eigenvalue weighted by Crippen LogP contribution is 2.27. The summed E-state index contributed by atoms with van der Waals surface area (Å²) in [5.74, 6) is 1.05. The van der Waals surface area contributed by atoms with Crippen molar-refractivity contribution in [1.82, 2.24) is 10.3 Å². The number of nitrogen functional groups attached to an aromatic ring is 1. The molecule has 0 unspecified atom stereocenters. The van der Waals surface area contributed by atoms with E-state index in [2.05, 4.69) is 10.3 Å². The van der Waals surface area contributed by atoms with Crippen LogP contribution in [0.3, 0.4) is 0 Å². The third kappa shape index (κ3) is 1.34. The molecule has 11 heavy (non-hydrogen) atoms. The van der Waals surface area contributed by atoms with Crippen LogP contribution in [0.5, 0.6) is 5.75 Å². The predicted molar refractivity (Wildman–Crippen MR) is 42.9 cm³/mol. The van der Waals surface area contributed by atoms with E-state index in [4.69, 9.17) is 10.5 Å². The van der Waals surface area contributed by atoms with Gasteiger partial charge in [-0.05, 0) is 0 Å². The molecule has 4 nitrogen and oxygen atoms in total. The van der Waals surface area contributed by atoms with Gasteiger partial charge in [0.2, 0.25) is 0 Å². The molecule has 0 bridgehead atoms. The lowest BCUT2D eigenvalue weighted by Crippen LogP contribution is -1.99. The van der Waals surface area contributed by atoms with Gasteiger partial charge in [0.1, 0.15) is 11.4 Å². The van der Waals surface area contributed by atoms with E-state index in [9.17, 15) is 0 Å². The number of hydrogen-bond acceptors (Lipinski definition) is 3. The van der Waals surface area contributed by atoms with Gasteiger partial charge in [-0.2, -0.15) is 0 Å². The average molecular weight is 152 g/mol. The van der Waals surface area contributed by atoms with Crippen LogP contribution in [0.25, 0.3) is 0 Å². The average Bonchev–Trinajstić information content (AvgIpc) is 2.04. The van der Waals surface area contributed by atoms with Gasteiger partial charge in [-0.25, -0.2) is 4.98 Å². The van der Waals surface area contributed by atoms with Crippen molar-refractivity contribution in [3.63, 3.8) is 0 Å². The smallest absolute Gasteiger partial charge is 0.152 e. The minimum Gasteiger partial charge on any atom is -0.494 e. The Morgan fingerprint density at radius 2 is 2.36 bits per heavy atom. The largest absolute Gasteiger partial charge is 0.494 e. The molecule has 1 radical (unpaired) electrons. The van der Waals surface area contributed by atoms with E-state index in [1.807, 2.05) is 0 Å². The zero-order chi connectivity index (χ0) is 8.27. The van der Waals surface area contributed by atoms with E-state index in [0.717, 1.165) is 0 Å². The van der Waals surface area contributed by atoms with E-state index < -0.39 is 0 Å². The summed E-state index contributed by atoms with van der Waals surface area (Å²) in [6.45, 7) is 0. The number of methoxy groups -OCH3 is 1. The van der Waals surface area contributed by atoms with Crippen LogP contribution < -0.4 is 15.8 Å². The topological polar surface area (TPSA) is 62.2 Å². The highest BCUT2D eigenvalue weighted by Gasteiger charge is 2.05. The van der Waals surface area contributed by atoms with Gasteiger partial charge in [-0.1, -0.05) is 0 Å². The summed E-state index contributed by atoms with van der Waals surface area (Å²) in [6.07, 6.45) is 1.59. The SMILES string of the molecule is C[N]c1c(OC)ccnc1N. The van der Waals surface area contributed by atoms with Gasteiger partial charge < -0.3 is 10.5 Å². The molecule has 1 rings (SSSR count). The number of rotatable bonds is 2. The lowest BCUT2D eigenvalue weighted by Gasteiger charge is -2.06. The predicted octanol–water partition coefficient (Wildman–Crippen LogP) is 0.538. The first kappa shape index (κ1) is 7.65. The zero-order valence-corrected chi connectivity index (χ0v) is 6.53. The molecule has 1 heterocycles. The molecular formula is C7H10N3O. The van der Waals surface area contributed by atoms with Crippen LogP contribution in [0.15, 0.2) is 12.3 Å². The molecule has 1 aromatic rings.